The third-order valence-electron chi connectivity index (χ3n) is 2.84. The second-order valence-electron chi connectivity index (χ2n) is 4.07. The number of Topliss-reactive ketones (excluding diaryl/α,β-unsaturated/α-hetero) is 1. The van der Waals surface area contributed by atoms with Crippen LogP contribution in [0.5, 0.6) is 5.75 Å². The van der Waals surface area contributed by atoms with Crippen LogP contribution >= 0.6 is 0 Å². The Balaban J connectivity index is 2.27. The molecule has 104 valence electrons. The van der Waals surface area contributed by atoms with E-state index in [0.717, 1.165) is 6.07 Å². The molecule has 0 fully saturated rings. The van der Waals surface area contributed by atoms with Crippen LogP contribution in [-0.2, 0) is 6.54 Å². The Morgan fingerprint density at radius 3 is 2.76 bits per heavy atom. The molecule has 0 saturated heterocycles. The third kappa shape index (κ3) is 2.72. The van der Waals surface area contributed by atoms with Gasteiger partial charge in [0.05, 0.1) is 20.0 Å². The highest BCUT2D eigenvalue weighted by Crippen LogP contribution is 2.18. The Morgan fingerprint density at radius 1 is 1.43 bits per heavy atom. The normalized spacial score (nSPS) is 9.71. The number of carbonyl (C=O) groups excluding carboxylic acids is 1. The van der Waals surface area contributed by atoms with Crippen molar-refractivity contribution in [1.82, 2.24) is 9.55 Å². The van der Waals surface area contributed by atoms with E-state index < -0.39 is 11.6 Å². The zero-order valence-electron chi connectivity index (χ0n) is 11.0. The van der Waals surface area contributed by atoms with Crippen molar-refractivity contribution in [3.8, 4) is 17.9 Å². The van der Waals surface area contributed by atoms with E-state index in [9.17, 15) is 9.18 Å². The van der Waals surface area contributed by atoms with E-state index >= 15 is 0 Å². The summed E-state index contributed by atoms with van der Waals surface area (Å²) >= 11 is 0. The number of halogens is 1. The first kappa shape index (κ1) is 14.2. The van der Waals surface area contributed by atoms with Crippen molar-refractivity contribution < 1.29 is 13.9 Å². The molecule has 0 N–H and O–H groups in total. The molecule has 0 saturated carbocycles. The SMILES string of the molecule is COc1ccc(C(=O)Cn2cnc(C#N)c2C#N)cc1F. The molecule has 0 aliphatic heterocycles. The van der Waals surface area contributed by atoms with Crippen LogP contribution in [0.25, 0.3) is 0 Å². The van der Waals surface area contributed by atoms with Crippen LogP contribution in [0, 0.1) is 28.5 Å². The van der Waals surface area contributed by atoms with Gasteiger partial charge in [0.1, 0.15) is 12.1 Å². The Morgan fingerprint density at radius 2 is 2.19 bits per heavy atom. The highest BCUT2D eigenvalue weighted by molar-refractivity contribution is 5.96. The maximum Gasteiger partial charge on any atom is 0.182 e. The van der Waals surface area contributed by atoms with Crippen LogP contribution < -0.4 is 4.74 Å². The smallest absolute Gasteiger partial charge is 0.182 e. The number of hydrogen-bond acceptors (Lipinski definition) is 5. The van der Waals surface area contributed by atoms with Crippen molar-refractivity contribution in [3.63, 3.8) is 0 Å². The predicted octanol–water partition coefficient (Wildman–Crippen LogP) is 1.66. The largest absolute Gasteiger partial charge is 0.494 e. The average Bonchev–Trinajstić information content (AvgIpc) is 2.88. The third-order valence-corrected chi connectivity index (χ3v) is 2.84. The topological polar surface area (TPSA) is 91.7 Å². The van der Waals surface area contributed by atoms with Crippen LogP contribution in [0.3, 0.4) is 0 Å². The standard InChI is InChI=1S/C14H9FN4O2/c1-21-14-3-2-9(4-10(14)15)13(20)7-19-8-18-11(5-16)12(19)6-17/h2-4,8H,7H2,1H3. The van der Waals surface area contributed by atoms with E-state index in [1.807, 2.05) is 6.07 Å². The number of carbonyl (C=O) groups is 1. The van der Waals surface area contributed by atoms with Gasteiger partial charge >= 0.3 is 0 Å². The van der Waals surface area contributed by atoms with Gasteiger partial charge in [-0.1, -0.05) is 0 Å². The predicted molar refractivity (Wildman–Crippen MR) is 68.9 cm³/mol. The van der Waals surface area contributed by atoms with Crippen LogP contribution in [0.1, 0.15) is 21.7 Å². The van der Waals surface area contributed by atoms with E-state index in [-0.39, 0.29) is 29.2 Å². The summed E-state index contributed by atoms with van der Waals surface area (Å²) in [6.07, 6.45) is 1.23. The van der Waals surface area contributed by atoms with Crippen molar-refractivity contribution in [1.29, 1.82) is 10.5 Å². The van der Waals surface area contributed by atoms with Gasteiger partial charge in [-0.15, -0.1) is 0 Å². The number of ether oxygens (including phenoxy) is 1. The summed E-state index contributed by atoms with van der Waals surface area (Å²) in [6, 6.07) is 7.42. The zero-order valence-corrected chi connectivity index (χ0v) is 11.0. The quantitative estimate of drug-likeness (QED) is 0.796. The number of ketones is 1. The highest BCUT2D eigenvalue weighted by atomic mass is 19.1. The maximum atomic E-state index is 13.6. The Bertz CT molecular complexity index is 783. The van der Waals surface area contributed by atoms with Gasteiger partial charge in [0.2, 0.25) is 0 Å². The van der Waals surface area contributed by atoms with Gasteiger partial charge in [0, 0.05) is 5.56 Å². The van der Waals surface area contributed by atoms with Crippen molar-refractivity contribution in [2.45, 2.75) is 6.54 Å². The summed E-state index contributed by atoms with van der Waals surface area (Å²) in [5, 5.41) is 17.7. The minimum Gasteiger partial charge on any atom is -0.494 e. The molecular weight excluding hydrogens is 275 g/mol. The number of methoxy groups -OCH3 is 1. The van der Waals surface area contributed by atoms with Crippen LogP contribution in [0.15, 0.2) is 24.5 Å². The maximum absolute atomic E-state index is 13.6. The van der Waals surface area contributed by atoms with E-state index in [0.29, 0.717) is 0 Å². The molecule has 7 heteroatoms. The van der Waals surface area contributed by atoms with E-state index in [4.69, 9.17) is 15.3 Å². The second kappa shape index (κ2) is 5.85. The van der Waals surface area contributed by atoms with Gasteiger partial charge in [-0.25, -0.2) is 9.37 Å². The summed E-state index contributed by atoms with van der Waals surface area (Å²) in [7, 11) is 1.33. The Kier molecular flexibility index (Phi) is 3.96. The van der Waals surface area contributed by atoms with E-state index in [2.05, 4.69) is 4.98 Å². The van der Waals surface area contributed by atoms with Gasteiger partial charge in [-0.2, -0.15) is 10.5 Å². The van der Waals surface area contributed by atoms with Crippen LogP contribution in [0.2, 0.25) is 0 Å². The molecule has 0 unspecified atom stereocenters. The number of nitriles is 2. The lowest BCUT2D eigenvalue weighted by Crippen LogP contribution is -2.11. The monoisotopic (exact) mass is 284 g/mol. The molecule has 0 amide bonds. The van der Waals surface area contributed by atoms with Crippen LogP contribution in [0.4, 0.5) is 4.39 Å². The summed E-state index contributed by atoms with van der Waals surface area (Å²) in [4.78, 5) is 15.8. The average molecular weight is 284 g/mol. The first-order valence-electron chi connectivity index (χ1n) is 5.82. The molecule has 2 aromatic rings. The number of aromatic nitrogens is 2. The van der Waals surface area contributed by atoms with Gasteiger partial charge < -0.3 is 9.30 Å². The van der Waals surface area contributed by atoms with Gasteiger partial charge in [0.15, 0.2) is 28.7 Å². The zero-order chi connectivity index (χ0) is 15.4. The molecule has 2 rings (SSSR count). The summed E-state index contributed by atoms with van der Waals surface area (Å²) < 4.78 is 19.6. The summed E-state index contributed by atoms with van der Waals surface area (Å²) in [5.41, 5.74) is 0.0930. The lowest BCUT2D eigenvalue weighted by atomic mass is 10.1. The number of imidazole rings is 1. The molecule has 1 aromatic carbocycles. The van der Waals surface area contributed by atoms with Crippen LogP contribution in [-0.4, -0.2) is 22.4 Å². The van der Waals surface area contributed by atoms with Crippen molar-refractivity contribution in [2.75, 3.05) is 7.11 Å². The lowest BCUT2D eigenvalue weighted by Gasteiger charge is -2.06. The fourth-order valence-electron chi connectivity index (χ4n) is 1.79. The molecule has 0 bridgehead atoms. The van der Waals surface area contributed by atoms with Gasteiger partial charge in [0.25, 0.3) is 0 Å². The molecule has 0 aliphatic rings. The Hall–Kier alpha value is -3.19. The fraction of sp³-hybridized carbons (Fsp3) is 0.143. The Labute approximate surface area is 119 Å². The molecule has 0 radical (unpaired) electrons. The molecule has 21 heavy (non-hydrogen) atoms. The molecule has 1 aromatic heterocycles. The van der Waals surface area contributed by atoms with Crippen molar-refractivity contribution >= 4 is 5.78 Å². The lowest BCUT2D eigenvalue weighted by molar-refractivity contribution is 0.0971. The molecule has 0 spiro atoms. The number of benzene rings is 1. The van der Waals surface area contributed by atoms with Crippen molar-refractivity contribution in [3.05, 3.63) is 47.3 Å². The fourth-order valence-corrected chi connectivity index (χ4v) is 1.79. The van der Waals surface area contributed by atoms with Gasteiger partial charge in [-0.05, 0) is 18.2 Å². The summed E-state index contributed by atoms with van der Waals surface area (Å²) in [5.74, 6) is -1.01. The number of hydrogen-bond donors (Lipinski definition) is 0. The first-order chi connectivity index (χ1) is 10.1. The molecule has 0 atom stereocenters. The molecular formula is C14H9FN4O2. The minimum atomic E-state index is -0.646. The number of rotatable bonds is 4. The highest BCUT2D eigenvalue weighted by Gasteiger charge is 2.15. The minimum absolute atomic E-state index is 0.000154. The first-order valence-corrected chi connectivity index (χ1v) is 5.82. The van der Waals surface area contributed by atoms with Crippen molar-refractivity contribution in [2.24, 2.45) is 0 Å². The number of nitrogens with zero attached hydrogens (tertiary/aromatic N) is 4. The summed E-state index contributed by atoms with van der Waals surface area (Å²) in [6.45, 7) is -0.205. The van der Waals surface area contributed by atoms with E-state index in [1.165, 1.54) is 30.1 Å². The van der Waals surface area contributed by atoms with Gasteiger partial charge in [-0.3, -0.25) is 4.79 Å². The molecule has 1 heterocycles. The second-order valence-corrected chi connectivity index (χ2v) is 4.07. The molecule has 0 aliphatic carbocycles. The van der Waals surface area contributed by atoms with E-state index in [1.54, 1.807) is 6.07 Å². The molecule has 6 nitrogen and oxygen atoms in total.